The standard InChI is InChI=1S/C12H20N4/c1-8-10(11(13)16-12(14)15-8)7-9-5-3-2-4-6-9/h9H,2-7H2,1H3,(H4,13,14,15,16). The lowest BCUT2D eigenvalue weighted by Gasteiger charge is -2.22. The minimum absolute atomic E-state index is 0.280. The van der Waals surface area contributed by atoms with E-state index in [0.717, 1.165) is 23.6 Å². The summed E-state index contributed by atoms with van der Waals surface area (Å²) in [5, 5.41) is 0. The number of nitrogens with zero attached hydrogens (tertiary/aromatic N) is 2. The van der Waals surface area contributed by atoms with Crippen LogP contribution in [0.5, 0.6) is 0 Å². The summed E-state index contributed by atoms with van der Waals surface area (Å²) in [4.78, 5) is 8.23. The average molecular weight is 220 g/mol. The third-order valence-corrected chi connectivity index (χ3v) is 3.48. The van der Waals surface area contributed by atoms with Gasteiger partial charge >= 0.3 is 0 Å². The molecule has 0 spiro atoms. The molecule has 1 saturated carbocycles. The molecule has 0 atom stereocenters. The Bertz CT molecular complexity index is 346. The Labute approximate surface area is 96.5 Å². The minimum atomic E-state index is 0.280. The molecule has 0 unspecified atom stereocenters. The van der Waals surface area contributed by atoms with E-state index in [0.29, 0.717) is 5.82 Å². The third kappa shape index (κ3) is 2.43. The number of aryl methyl sites for hydroxylation is 1. The first-order valence-corrected chi connectivity index (χ1v) is 6.05. The highest BCUT2D eigenvalue weighted by Gasteiger charge is 2.17. The Kier molecular flexibility index (Phi) is 3.27. The van der Waals surface area contributed by atoms with E-state index >= 15 is 0 Å². The summed E-state index contributed by atoms with van der Waals surface area (Å²) < 4.78 is 0. The zero-order chi connectivity index (χ0) is 11.5. The molecular weight excluding hydrogens is 200 g/mol. The van der Waals surface area contributed by atoms with Gasteiger partial charge in [0.25, 0.3) is 0 Å². The molecule has 0 saturated heterocycles. The molecule has 0 bridgehead atoms. The smallest absolute Gasteiger partial charge is 0.222 e. The van der Waals surface area contributed by atoms with Gasteiger partial charge in [0.1, 0.15) is 5.82 Å². The Hall–Kier alpha value is -1.32. The van der Waals surface area contributed by atoms with Crippen molar-refractivity contribution in [2.45, 2.75) is 45.4 Å². The maximum absolute atomic E-state index is 5.91. The number of aromatic nitrogens is 2. The first-order chi connectivity index (χ1) is 7.66. The molecule has 0 aromatic carbocycles. The van der Waals surface area contributed by atoms with Gasteiger partial charge in [0.05, 0.1) is 0 Å². The summed E-state index contributed by atoms with van der Waals surface area (Å²) in [5.74, 6) is 1.60. The lowest BCUT2D eigenvalue weighted by Crippen LogP contribution is -2.14. The molecule has 4 nitrogen and oxygen atoms in total. The van der Waals surface area contributed by atoms with Gasteiger partial charge in [-0.15, -0.1) is 0 Å². The Morgan fingerprint density at radius 3 is 2.44 bits per heavy atom. The second-order valence-electron chi connectivity index (χ2n) is 4.74. The quantitative estimate of drug-likeness (QED) is 0.799. The first-order valence-electron chi connectivity index (χ1n) is 6.05. The normalized spacial score (nSPS) is 17.6. The SMILES string of the molecule is Cc1nc(N)nc(N)c1CC1CCCCC1. The molecule has 1 aliphatic carbocycles. The van der Waals surface area contributed by atoms with Crippen LogP contribution in [-0.2, 0) is 6.42 Å². The number of hydrogen-bond donors (Lipinski definition) is 2. The fourth-order valence-corrected chi connectivity index (χ4v) is 2.57. The summed E-state index contributed by atoms with van der Waals surface area (Å²) in [6.45, 7) is 1.96. The predicted octanol–water partition coefficient (Wildman–Crippen LogP) is 2.07. The number of rotatable bonds is 2. The fraction of sp³-hybridized carbons (Fsp3) is 0.667. The van der Waals surface area contributed by atoms with Gasteiger partial charge in [0.15, 0.2) is 0 Å². The molecule has 0 radical (unpaired) electrons. The lowest BCUT2D eigenvalue weighted by atomic mass is 9.84. The monoisotopic (exact) mass is 220 g/mol. The van der Waals surface area contributed by atoms with Gasteiger partial charge in [-0.1, -0.05) is 32.1 Å². The van der Waals surface area contributed by atoms with E-state index in [1.165, 1.54) is 32.1 Å². The van der Waals surface area contributed by atoms with Crippen molar-refractivity contribution in [3.05, 3.63) is 11.3 Å². The van der Waals surface area contributed by atoms with Crippen LogP contribution in [0, 0.1) is 12.8 Å². The van der Waals surface area contributed by atoms with Crippen LogP contribution in [0.25, 0.3) is 0 Å². The van der Waals surface area contributed by atoms with Gasteiger partial charge in [-0.05, 0) is 19.3 Å². The van der Waals surface area contributed by atoms with Crippen LogP contribution in [0.1, 0.15) is 43.4 Å². The van der Waals surface area contributed by atoms with Crippen LogP contribution in [-0.4, -0.2) is 9.97 Å². The lowest BCUT2D eigenvalue weighted by molar-refractivity contribution is 0.356. The summed E-state index contributed by atoms with van der Waals surface area (Å²) in [6.07, 6.45) is 7.70. The molecule has 16 heavy (non-hydrogen) atoms. The molecule has 1 aliphatic rings. The van der Waals surface area contributed by atoms with Gasteiger partial charge in [0.2, 0.25) is 5.95 Å². The highest BCUT2D eigenvalue weighted by Crippen LogP contribution is 2.29. The zero-order valence-corrected chi connectivity index (χ0v) is 9.87. The molecule has 0 amide bonds. The van der Waals surface area contributed by atoms with Gasteiger partial charge in [0, 0.05) is 11.3 Å². The van der Waals surface area contributed by atoms with E-state index in [1.54, 1.807) is 0 Å². The molecule has 4 heteroatoms. The fourth-order valence-electron chi connectivity index (χ4n) is 2.57. The Morgan fingerprint density at radius 2 is 1.81 bits per heavy atom. The van der Waals surface area contributed by atoms with Gasteiger partial charge in [-0.3, -0.25) is 0 Å². The van der Waals surface area contributed by atoms with Crippen LogP contribution >= 0.6 is 0 Å². The second-order valence-corrected chi connectivity index (χ2v) is 4.74. The topological polar surface area (TPSA) is 77.8 Å². The van der Waals surface area contributed by atoms with Crippen LogP contribution in [0.15, 0.2) is 0 Å². The molecule has 1 heterocycles. The van der Waals surface area contributed by atoms with Crippen molar-refractivity contribution in [3.63, 3.8) is 0 Å². The molecule has 0 aliphatic heterocycles. The Morgan fingerprint density at radius 1 is 1.12 bits per heavy atom. The molecule has 1 fully saturated rings. The van der Waals surface area contributed by atoms with Crippen LogP contribution in [0.2, 0.25) is 0 Å². The molecule has 1 aromatic rings. The average Bonchev–Trinajstić information content (AvgIpc) is 2.25. The minimum Gasteiger partial charge on any atom is -0.383 e. The number of hydrogen-bond acceptors (Lipinski definition) is 4. The number of nitrogen functional groups attached to an aromatic ring is 2. The van der Waals surface area contributed by atoms with Crippen LogP contribution in [0.4, 0.5) is 11.8 Å². The molecule has 4 N–H and O–H groups in total. The van der Waals surface area contributed by atoms with Crippen molar-refractivity contribution >= 4 is 11.8 Å². The van der Waals surface area contributed by atoms with Crippen molar-refractivity contribution in [1.82, 2.24) is 9.97 Å². The van der Waals surface area contributed by atoms with Crippen molar-refractivity contribution in [2.24, 2.45) is 5.92 Å². The van der Waals surface area contributed by atoms with E-state index in [-0.39, 0.29) is 5.95 Å². The summed E-state index contributed by atoms with van der Waals surface area (Å²) in [6, 6.07) is 0. The van der Waals surface area contributed by atoms with E-state index in [1.807, 2.05) is 6.92 Å². The van der Waals surface area contributed by atoms with Crippen molar-refractivity contribution < 1.29 is 0 Å². The van der Waals surface area contributed by atoms with E-state index in [9.17, 15) is 0 Å². The largest absolute Gasteiger partial charge is 0.383 e. The molecule has 88 valence electrons. The van der Waals surface area contributed by atoms with E-state index < -0.39 is 0 Å². The van der Waals surface area contributed by atoms with E-state index in [2.05, 4.69) is 9.97 Å². The van der Waals surface area contributed by atoms with Crippen molar-refractivity contribution in [3.8, 4) is 0 Å². The Balaban J connectivity index is 2.14. The maximum atomic E-state index is 5.91. The summed E-state index contributed by atoms with van der Waals surface area (Å²) >= 11 is 0. The number of nitrogens with two attached hydrogens (primary N) is 2. The molecular formula is C12H20N4. The highest BCUT2D eigenvalue weighted by molar-refractivity contribution is 5.45. The van der Waals surface area contributed by atoms with Gasteiger partial charge < -0.3 is 11.5 Å². The maximum Gasteiger partial charge on any atom is 0.222 e. The van der Waals surface area contributed by atoms with Crippen LogP contribution < -0.4 is 11.5 Å². The second kappa shape index (κ2) is 4.68. The molecule has 1 aromatic heterocycles. The van der Waals surface area contributed by atoms with Crippen LogP contribution in [0.3, 0.4) is 0 Å². The first kappa shape index (κ1) is 11.2. The highest BCUT2D eigenvalue weighted by atomic mass is 15.0. The third-order valence-electron chi connectivity index (χ3n) is 3.48. The zero-order valence-electron chi connectivity index (χ0n) is 9.87. The summed E-state index contributed by atoms with van der Waals surface area (Å²) in [5.41, 5.74) is 13.5. The molecule has 2 rings (SSSR count). The summed E-state index contributed by atoms with van der Waals surface area (Å²) in [7, 11) is 0. The number of anilines is 2. The van der Waals surface area contributed by atoms with Gasteiger partial charge in [-0.25, -0.2) is 4.98 Å². The predicted molar refractivity (Wildman–Crippen MR) is 65.9 cm³/mol. The van der Waals surface area contributed by atoms with Crippen molar-refractivity contribution in [1.29, 1.82) is 0 Å². The van der Waals surface area contributed by atoms with Crippen molar-refractivity contribution in [2.75, 3.05) is 11.5 Å². The van der Waals surface area contributed by atoms with Gasteiger partial charge in [-0.2, -0.15) is 4.98 Å². The van der Waals surface area contributed by atoms with E-state index in [4.69, 9.17) is 11.5 Å².